The molecule has 2 nitrogen and oxygen atoms in total. The Morgan fingerprint density at radius 2 is 1.93 bits per heavy atom. The highest BCUT2D eigenvalue weighted by molar-refractivity contribution is 7.80. The Hall–Kier alpha value is -0.310. The second kappa shape index (κ2) is 5.54. The van der Waals surface area contributed by atoms with E-state index in [9.17, 15) is 0 Å². The van der Waals surface area contributed by atoms with Gasteiger partial charge in [-0.3, -0.25) is 0 Å². The third-order valence-electron chi connectivity index (χ3n) is 3.04. The van der Waals surface area contributed by atoms with E-state index in [-0.39, 0.29) is 5.60 Å². The lowest BCUT2D eigenvalue weighted by atomic mass is 9.83. The second-order valence-electron chi connectivity index (χ2n) is 4.02. The van der Waals surface area contributed by atoms with E-state index in [0.717, 1.165) is 25.8 Å². The van der Waals surface area contributed by atoms with Crippen LogP contribution in [0.3, 0.4) is 0 Å². The van der Waals surface area contributed by atoms with Gasteiger partial charge >= 0.3 is 0 Å². The smallest absolute Gasteiger partial charge is 0.257 e. The van der Waals surface area contributed by atoms with Crippen LogP contribution in [0, 0.1) is 0 Å². The van der Waals surface area contributed by atoms with Gasteiger partial charge in [0.25, 0.3) is 5.17 Å². The van der Waals surface area contributed by atoms with Gasteiger partial charge < -0.3 is 10.1 Å². The predicted molar refractivity (Wildman–Crippen MR) is 63.5 cm³/mol. The van der Waals surface area contributed by atoms with Gasteiger partial charge in [0.2, 0.25) is 0 Å². The largest absolute Gasteiger partial charge is 0.464 e. The highest BCUT2D eigenvalue weighted by Gasteiger charge is 2.32. The van der Waals surface area contributed by atoms with Crippen molar-refractivity contribution < 1.29 is 4.74 Å². The van der Waals surface area contributed by atoms with Gasteiger partial charge in [-0.2, -0.15) is 0 Å². The second-order valence-corrected chi connectivity index (χ2v) is 4.39. The highest BCUT2D eigenvalue weighted by atomic mass is 32.1. The Kier molecular flexibility index (Phi) is 4.66. The Morgan fingerprint density at radius 3 is 2.43 bits per heavy atom. The van der Waals surface area contributed by atoms with E-state index in [2.05, 4.69) is 12.2 Å². The van der Waals surface area contributed by atoms with Crippen LogP contribution in [0.25, 0.3) is 0 Å². The zero-order chi connectivity index (χ0) is 10.4. The summed E-state index contributed by atoms with van der Waals surface area (Å²) in [4.78, 5) is 0. The van der Waals surface area contributed by atoms with E-state index in [0.29, 0.717) is 5.17 Å². The van der Waals surface area contributed by atoms with Crippen molar-refractivity contribution >= 4 is 17.4 Å². The summed E-state index contributed by atoms with van der Waals surface area (Å²) in [7, 11) is 0. The summed E-state index contributed by atoms with van der Waals surface area (Å²) in [5.41, 5.74) is 0.0392. The minimum atomic E-state index is 0.0392. The fraction of sp³-hybridized carbons (Fsp3) is 0.909. The lowest BCUT2D eigenvalue weighted by molar-refractivity contribution is 0.0137. The van der Waals surface area contributed by atoms with Crippen LogP contribution in [-0.4, -0.2) is 17.3 Å². The van der Waals surface area contributed by atoms with Crippen molar-refractivity contribution in [1.82, 2.24) is 5.32 Å². The van der Waals surface area contributed by atoms with Crippen molar-refractivity contribution in [1.29, 1.82) is 0 Å². The van der Waals surface area contributed by atoms with Crippen LogP contribution in [-0.2, 0) is 4.74 Å². The summed E-state index contributed by atoms with van der Waals surface area (Å²) in [5.74, 6) is 0. The van der Waals surface area contributed by atoms with E-state index < -0.39 is 0 Å². The summed E-state index contributed by atoms with van der Waals surface area (Å²) in [6.07, 6.45) is 7.30. The van der Waals surface area contributed by atoms with Gasteiger partial charge in [0.1, 0.15) is 5.60 Å². The van der Waals surface area contributed by atoms with Gasteiger partial charge in [-0.1, -0.05) is 13.3 Å². The van der Waals surface area contributed by atoms with Crippen LogP contribution in [0.1, 0.15) is 52.4 Å². The number of nitrogens with one attached hydrogen (secondary N) is 1. The minimum Gasteiger partial charge on any atom is -0.464 e. The maximum atomic E-state index is 5.89. The van der Waals surface area contributed by atoms with Crippen LogP contribution < -0.4 is 5.32 Å². The molecule has 0 aromatic carbocycles. The molecule has 0 amide bonds. The SMILES string of the molecule is CCNC(=S)OC1(CC)CCCCC1. The van der Waals surface area contributed by atoms with Gasteiger partial charge in [-0.05, 0) is 51.2 Å². The Labute approximate surface area is 92.4 Å². The summed E-state index contributed by atoms with van der Waals surface area (Å²) < 4.78 is 5.89. The van der Waals surface area contributed by atoms with E-state index in [1.807, 2.05) is 6.92 Å². The summed E-state index contributed by atoms with van der Waals surface area (Å²) in [6, 6.07) is 0. The molecule has 0 aromatic rings. The van der Waals surface area contributed by atoms with Crippen molar-refractivity contribution in [2.75, 3.05) is 6.54 Å². The molecule has 0 aromatic heterocycles. The fourth-order valence-corrected chi connectivity index (χ4v) is 2.42. The van der Waals surface area contributed by atoms with Crippen LogP contribution >= 0.6 is 12.2 Å². The van der Waals surface area contributed by atoms with Crippen molar-refractivity contribution in [3.8, 4) is 0 Å². The summed E-state index contributed by atoms with van der Waals surface area (Å²) in [5, 5.41) is 3.64. The first kappa shape index (κ1) is 11.8. The summed E-state index contributed by atoms with van der Waals surface area (Å²) >= 11 is 5.14. The molecule has 1 aliphatic carbocycles. The first-order valence-electron chi connectivity index (χ1n) is 5.69. The molecule has 82 valence electrons. The molecule has 0 unspecified atom stereocenters. The molecule has 0 heterocycles. The van der Waals surface area contributed by atoms with Gasteiger partial charge in [-0.15, -0.1) is 0 Å². The molecule has 14 heavy (non-hydrogen) atoms. The van der Waals surface area contributed by atoms with Crippen LogP contribution in [0.5, 0.6) is 0 Å². The zero-order valence-corrected chi connectivity index (χ0v) is 10.1. The Balaban J connectivity index is 2.47. The average molecular weight is 215 g/mol. The first-order valence-corrected chi connectivity index (χ1v) is 6.10. The molecule has 0 spiro atoms. The van der Waals surface area contributed by atoms with E-state index in [4.69, 9.17) is 17.0 Å². The third kappa shape index (κ3) is 3.12. The van der Waals surface area contributed by atoms with Crippen molar-refractivity contribution in [2.24, 2.45) is 0 Å². The molecule has 1 aliphatic rings. The molecule has 0 bridgehead atoms. The zero-order valence-electron chi connectivity index (χ0n) is 9.27. The van der Waals surface area contributed by atoms with Crippen molar-refractivity contribution in [2.45, 2.75) is 58.0 Å². The van der Waals surface area contributed by atoms with Crippen molar-refractivity contribution in [3.05, 3.63) is 0 Å². The lowest BCUT2D eigenvalue weighted by Crippen LogP contribution is -2.40. The number of thiocarbonyl (C=S) groups is 1. The van der Waals surface area contributed by atoms with Crippen LogP contribution in [0.15, 0.2) is 0 Å². The molecular formula is C11H21NOS. The lowest BCUT2D eigenvalue weighted by Gasteiger charge is -2.36. The molecule has 0 atom stereocenters. The molecule has 0 aliphatic heterocycles. The maximum absolute atomic E-state index is 5.89. The Bertz CT molecular complexity index is 188. The van der Waals surface area contributed by atoms with Gasteiger partial charge in [0, 0.05) is 6.54 Å². The predicted octanol–water partition coefficient (Wildman–Crippen LogP) is 3.01. The topological polar surface area (TPSA) is 21.3 Å². The normalized spacial score (nSPS) is 20.1. The quantitative estimate of drug-likeness (QED) is 0.731. The van der Waals surface area contributed by atoms with E-state index in [1.165, 1.54) is 19.3 Å². The molecule has 0 saturated heterocycles. The van der Waals surface area contributed by atoms with Crippen LogP contribution in [0.4, 0.5) is 0 Å². The summed E-state index contributed by atoms with van der Waals surface area (Å²) in [6.45, 7) is 5.08. The molecule has 3 heteroatoms. The number of hydrogen-bond acceptors (Lipinski definition) is 2. The van der Waals surface area contributed by atoms with Gasteiger partial charge in [-0.25, -0.2) is 0 Å². The maximum Gasteiger partial charge on any atom is 0.257 e. The van der Waals surface area contributed by atoms with Gasteiger partial charge in [0.15, 0.2) is 0 Å². The molecule has 0 radical (unpaired) electrons. The number of rotatable bonds is 3. The first-order chi connectivity index (χ1) is 6.72. The van der Waals surface area contributed by atoms with Crippen molar-refractivity contribution in [3.63, 3.8) is 0 Å². The average Bonchev–Trinajstić information content (AvgIpc) is 2.19. The molecule has 1 saturated carbocycles. The van der Waals surface area contributed by atoms with E-state index in [1.54, 1.807) is 0 Å². The molecular weight excluding hydrogens is 194 g/mol. The highest BCUT2D eigenvalue weighted by Crippen LogP contribution is 2.34. The number of ether oxygens (including phenoxy) is 1. The monoisotopic (exact) mass is 215 g/mol. The van der Waals surface area contributed by atoms with Crippen LogP contribution in [0.2, 0.25) is 0 Å². The van der Waals surface area contributed by atoms with E-state index >= 15 is 0 Å². The Morgan fingerprint density at radius 1 is 1.29 bits per heavy atom. The molecule has 1 N–H and O–H groups in total. The standard InChI is InChI=1S/C11H21NOS/c1-3-11(8-6-5-7-9-11)13-10(14)12-4-2/h3-9H2,1-2H3,(H,12,14). The molecule has 1 rings (SSSR count). The molecule has 1 fully saturated rings. The minimum absolute atomic E-state index is 0.0392. The fourth-order valence-electron chi connectivity index (χ4n) is 2.10. The number of hydrogen-bond donors (Lipinski definition) is 1. The van der Waals surface area contributed by atoms with Gasteiger partial charge in [0.05, 0.1) is 0 Å². The third-order valence-corrected chi connectivity index (χ3v) is 3.27.